The summed E-state index contributed by atoms with van der Waals surface area (Å²) in [5.74, 6) is 0. The van der Waals surface area contributed by atoms with Gasteiger partial charge >= 0.3 is 288 Å². The Hall–Kier alpha value is -2.93. The van der Waals surface area contributed by atoms with E-state index in [9.17, 15) is 13.0 Å². The van der Waals surface area contributed by atoms with Gasteiger partial charge in [-0.1, -0.05) is 0 Å². The molecule has 9 nitrogen and oxygen atoms in total. The molecule has 11 heteroatoms. The second-order valence-corrected chi connectivity index (χ2v) is 17.7. The second-order valence-electron chi connectivity index (χ2n) is 11.8. The standard InChI is InChI=1S/C37H40O9SSe/c38-47(39,40)46-32-24-44-37(31-19-11-4-12-20-31)45-33(32)26-48-27-34(42-22-29-15-7-2-8-16-29)36(43-23-30-17-9-3-10-18-30)35(48)25-41-21-28-13-5-1-6-14-28/h1-20,32-37H,21-27H2. The molecule has 0 N–H and O–H groups in total. The third-order valence-corrected chi connectivity index (χ3v) is 14.6. The topological polar surface area (TPSA) is 113 Å². The monoisotopic (exact) mass is 740 g/mol. The van der Waals surface area contributed by atoms with Gasteiger partial charge in [0.2, 0.25) is 0 Å². The molecule has 0 amide bonds. The Morgan fingerprint density at radius 2 is 1.25 bits per heavy atom. The van der Waals surface area contributed by atoms with E-state index in [-0.39, 0.29) is 23.6 Å². The van der Waals surface area contributed by atoms with Crippen LogP contribution in [-0.4, -0.2) is 64.5 Å². The van der Waals surface area contributed by atoms with Crippen molar-refractivity contribution in [2.45, 2.75) is 66.0 Å². The van der Waals surface area contributed by atoms with E-state index in [4.69, 9.17) is 27.9 Å². The molecule has 254 valence electrons. The summed E-state index contributed by atoms with van der Waals surface area (Å²) in [5, 5.41) is 1.24. The van der Waals surface area contributed by atoms with Crippen LogP contribution in [0, 0.1) is 0 Å². The molecule has 0 bridgehead atoms. The molecule has 0 saturated carbocycles. The average Bonchev–Trinajstić information content (AvgIpc) is 3.43. The minimum atomic E-state index is -5.00. The van der Waals surface area contributed by atoms with Gasteiger partial charge in [-0.25, -0.2) is 0 Å². The van der Waals surface area contributed by atoms with Crippen molar-refractivity contribution in [1.29, 1.82) is 0 Å². The second kappa shape index (κ2) is 17.1. The van der Waals surface area contributed by atoms with Crippen LogP contribution in [0.3, 0.4) is 0 Å². The van der Waals surface area contributed by atoms with E-state index in [1.54, 1.807) is 0 Å². The molecule has 0 aliphatic carbocycles. The minimum absolute atomic E-state index is 0.00988. The number of benzene rings is 4. The number of hydrogen-bond donors (Lipinski definition) is 0. The van der Waals surface area contributed by atoms with Gasteiger partial charge in [-0.15, -0.1) is 0 Å². The normalized spacial score (nSPS) is 26.0. The Morgan fingerprint density at radius 1 is 0.708 bits per heavy atom. The van der Waals surface area contributed by atoms with E-state index in [1.165, 1.54) is 0 Å². The van der Waals surface area contributed by atoms with Gasteiger partial charge in [-0.2, -0.15) is 0 Å². The van der Waals surface area contributed by atoms with Crippen LogP contribution >= 0.6 is 0 Å². The molecule has 2 fully saturated rings. The first-order valence-electron chi connectivity index (χ1n) is 16.0. The summed E-state index contributed by atoms with van der Waals surface area (Å²) in [6.07, 6.45) is -2.99. The zero-order valence-corrected chi connectivity index (χ0v) is 29.0. The van der Waals surface area contributed by atoms with Crippen LogP contribution in [0.5, 0.6) is 0 Å². The van der Waals surface area contributed by atoms with Gasteiger partial charge in [0, 0.05) is 0 Å². The molecule has 7 atom stereocenters. The predicted molar refractivity (Wildman–Crippen MR) is 180 cm³/mol. The fraction of sp³-hybridized carbons (Fsp3) is 0.351. The Labute approximate surface area is 286 Å². The van der Waals surface area contributed by atoms with Crippen LogP contribution in [0.4, 0.5) is 0 Å². The number of ether oxygens (including phenoxy) is 5. The van der Waals surface area contributed by atoms with Gasteiger partial charge in [-0.3, -0.25) is 0 Å². The molecule has 6 rings (SSSR count). The van der Waals surface area contributed by atoms with Crippen molar-refractivity contribution in [2.24, 2.45) is 0 Å². The fourth-order valence-electron chi connectivity index (χ4n) is 5.97. The van der Waals surface area contributed by atoms with Crippen molar-refractivity contribution < 1.29 is 40.8 Å². The van der Waals surface area contributed by atoms with Crippen LogP contribution in [0.1, 0.15) is 28.5 Å². The van der Waals surface area contributed by atoms with Gasteiger partial charge < -0.3 is 0 Å². The summed E-state index contributed by atoms with van der Waals surface area (Å²) >= 11 is -1.74. The molecule has 2 aliphatic heterocycles. The number of hydrogen-bond acceptors (Lipinski definition) is 9. The summed E-state index contributed by atoms with van der Waals surface area (Å²) in [6, 6.07) is 39.5. The molecule has 2 heterocycles. The van der Waals surface area contributed by atoms with Crippen molar-refractivity contribution >= 4 is 24.3 Å². The average molecular weight is 740 g/mol. The molecular formula is C37H40O9SSe. The van der Waals surface area contributed by atoms with Crippen molar-refractivity contribution in [3.63, 3.8) is 0 Å². The number of rotatable bonds is 15. The SMILES string of the molecule is O=S(=O)([O-])OC1COC(c2ccccc2)OC1C[Se+]1CC(OCc2ccccc2)C(OCc2ccccc2)C1COCc1ccccc1. The Morgan fingerprint density at radius 3 is 1.83 bits per heavy atom. The summed E-state index contributed by atoms with van der Waals surface area (Å²) in [7, 11) is -5.00. The molecule has 4 aromatic rings. The van der Waals surface area contributed by atoms with E-state index in [2.05, 4.69) is 0 Å². The van der Waals surface area contributed by atoms with Crippen molar-refractivity contribution in [2.75, 3.05) is 13.2 Å². The maximum atomic E-state index is 11.8. The molecule has 4 aromatic carbocycles. The van der Waals surface area contributed by atoms with Crippen LogP contribution < -0.4 is 0 Å². The molecule has 0 aromatic heterocycles. The Balaban J connectivity index is 1.26. The van der Waals surface area contributed by atoms with Crippen LogP contribution in [0.15, 0.2) is 121 Å². The summed E-state index contributed by atoms with van der Waals surface area (Å²) in [4.78, 5) is -0.00988. The van der Waals surface area contributed by atoms with Crippen LogP contribution in [0.25, 0.3) is 0 Å². The summed E-state index contributed by atoms with van der Waals surface area (Å²) in [6.45, 7) is 1.62. The zero-order valence-electron chi connectivity index (χ0n) is 26.5. The van der Waals surface area contributed by atoms with Crippen molar-refractivity contribution in [3.8, 4) is 0 Å². The molecule has 2 saturated heterocycles. The van der Waals surface area contributed by atoms with Gasteiger partial charge in [0.05, 0.1) is 0 Å². The Bertz CT molecular complexity index is 1630. The van der Waals surface area contributed by atoms with E-state index < -0.39 is 42.8 Å². The van der Waals surface area contributed by atoms with E-state index >= 15 is 0 Å². The quantitative estimate of drug-likeness (QED) is 0.0798. The van der Waals surface area contributed by atoms with Gasteiger partial charge in [0.15, 0.2) is 0 Å². The first-order valence-corrected chi connectivity index (χ1v) is 20.7. The molecule has 7 unspecified atom stereocenters. The van der Waals surface area contributed by atoms with E-state index in [1.807, 2.05) is 121 Å². The predicted octanol–water partition coefficient (Wildman–Crippen LogP) is 6.21. The van der Waals surface area contributed by atoms with Crippen molar-refractivity contribution in [3.05, 3.63) is 144 Å². The third-order valence-electron chi connectivity index (χ3n) is 8.34. The summed E-state index contributed by atoms with van der Waals surface area (Å²) in [5.41, 5.74) is 3.98. The first-order chi connectivity index (χ1) is 23.4. The van der Waals surface area contributed by atoms with E-state index in [0.717, 1.165) is 27.6 Å². The molecule has 2 aliphatic rings. The molecule has 0 radical (unpaired) electrons. The van der Waals surface area contributed by atoms with Gasteiger partial charge in [0.25, 0.3) is 0 Å². The molecular weight excluding hydrogens is 699 g/mol. The zero-order chi connectivity index (χ0) is 33.2. The van der Waals surface area contributed by atoms with Gasteiger partial charge in [-0.05, 0) is 0 Å². The van der Waals surface area contributed by atoms with E-state index in [0.29, 0.717) is 31.7 Å². The van der Waals surface area contributed by atoms with Gasteiger partial charge in [0.1, 0.15) is 0 Å². The fourth-order valence-corrected chi connectivity index (χ4v) is 12.7. The maximum absolute atomic E-state index is 11.8. The van der Waals surface area contributed by atoms with Crippen LogP contribution in [-0.2, 0) is 58.1 Å². The Kier molecular flexibility index (Phi) is 12.5. The molecule has 48 heavy (non-hydrogen) atoms. The first kappa shape index (κ1) is 34.9. The van der Waals surface area contributed by atoms with Crippen molar-refractivity contribution in [1.82, 2.24) is 0 Å². The summed E-state index contributed by atoms with van der Waals surface area (Å²) < 4.78 is 72.3. The van der Waals surface area contributed by atoms with Crippen LogP contribution in [0.2, 0.25) is 15.5 Å². The molecule has 0 spiro atoms. The third kappa shape index (κ3) is 10.1.